The van der Waals surface area contributed by atoms with Gasteiger partial charge in [-0.1, -0.05) is 36.9 Å². The van der Waals surface area contributed by atoms with Crippen molar-refractivity contribution in [2.24, 2.45) is 11.7 Å². The van der Waals surface area contributed by atoms with Crippen molar-refractivity contribution < 1.29 is 23.0 Å². The Kier molecular flexibility index (Phi) is 7.45. The van der Waals surface area contributed by atoms with Gasteiger partial charge in [0.2, 0.25) is 0 Å². The van der Waals surface area contributed by atoms with E-state index in [1.54, 1.807) is 0 Å². The van der Waals surface area contributed by atoms with Gasteiger partial charge in [0.15, 0.2) is 0 Å². The molecule has 0 unspecified atom stereocenters. The number of aliphatic hydroxyl groups is 1. The van der Waals surface area contributed by atoms with Crippen LogP contribution in [0.5, 0.6) is 5.75 Å². The number of hydrogen-bond donors (Lipinski definition) is 2. The number of nitrogens with two attached hydrogens (primary N) is 1. The molecule has 1 aliphatic carbocycles. The molecule has 0 aromatic heterocycles. The van der Waals surface area contributed by atoms with Gasteiger partial charge in [-0.05, 0) is 36.5 Å². The maximum absolute atomic E-state index is 12.2. The quantitative estimate of drug-likeness (QED) is 0.810. The van der Waals surface area contributed by atoms with E-state index in [9.17, 15) is 18.3 Å². The third-order valence-corrected chi connectivity index (χ3v) is 4.36. The van der Waals surface area contributed by atoms with Gasteiger partial charge in [0.1, 0.15) is 5.75 Å². The molecule has 8 heteroatoms. The van der Waals surface area contributed by atoms with Crippen molar-refractivity contribution >= 4 is 24.0 Å². The molecule has 3 N–H and O–H groups in total. The largest absolute Gasteiger partial charge is 0.573 e. The fourth-order valence-corrected chi connectivity index (χ4v) is 3.13. The van der Waals surface area contributed by atoms with Crippen molar-refractivity contribution in [3.05, 3.63) is 28.8 Å². The Bertz CT molecular complexity index is 508. The molecule has 0 aliphatic heterocycles. The molecule has 0 bridgehead atoms. The van der Waals surface area contributed by atoms with Crippen LogP contribution in [0.25, 0.3) is 0 Å². The number of rotatable bonds is 4. The Hall–Kier alpha value is -0.690. The first kappa shape index (κ1) is 20.4. The molecule has 2 rings (SSSR count). The van der Waals surface area contributed by atoms with Crippen LogP contribution in [0.3, 0.4) is 0 Å². The summed E-state index contributed by atoms with van der Waals surface area (Å²) >= 11 is 5.81. The van der Waals surface area contributed by atoms with Gasteiger partial charge < -0.3 is 15.6 Å². The molecular weight excluding hydrogens is 354 g/mol. The third kappa shape index (κ3) is 5.71. The van der Waals surface area contributed by atoms with Crippen LogP contribution in [0.2, 0.25) is 5.02 Å². The number of ether oxygens (including phenoxy) is 1. The molecule has 3 nitrogen and oxygen atoms in total. The molecule has 0 amide bonds. The Morgan fingerprint density at radius 3 is 2.35 bits per heavy atom. The summed E-state index contributed by atoms with van der Waals surface area (Å²) in [6.07, 6.45) is -0.412. The zero-order chi connectivity index (χ0) is 16.3. The highest BCUT2D eigenvalue weighted by Gasteiger charge is 2.33. The van der Waals surface area contributed by atoms with Gasteiger partial charge in [-0.2, -0.15) is 0 Å². The highest BCUT2D eigenvalue weighted by Crippen LogP contribution is 2.35. The van der Waals surface area contributed by atoms with E-state index in [0.29, 0.717) is 5.56 Å². The minimum absolute atomic E-state index is 0. The van der Waals surface area contributed by atoms with E-state index in [4.69, 9.17) is 17.3 Å². The second-order valence-corrected chi connectivity index (χ2v) is 6.06. The third-order valence-electron chi connectivity index (χ3n) is 4.07. The monoisotopic (exact) mass is 373 g/mol. The van der Waals surface area contributed by atoms with Crippen LogP contribution in [-0.2, 0) is 0 Å². The molecule has 0 radical (unpaired) electrons. The fourth-order valence-electron chi connectivity index (χ4n) is 2.90. The Labute approximate surface area is 144 Å². The van der Waals surface area contributed by atoms with E-state index in [2.05, 4.69) is 4.74 Å². The fraction of sp³-hybridized carbons (Fsp3) is 0.600. The van der Waals surface area contributed by atoms with Gasteiger partial charge in [-0.25, -0.2) is 0 Å². The predicted octanol–water partition coefficient (Wildman–Crippen LogP) is 4.60. The molecule has 23 heavy (non-hydrogen) atoms. The van der Waals surface area contributed by atoms with Crippen LogP contribution in [-0.4, -0.2) is 17.6 Å². The van der Waals surface area contributed by atoms with Crippen molar-refractivity contribution in [3.63, 3.8) is 0 Å². The van der Waals surface area contributed by atoms with Crippen LogP contribution in [0.15, 0.2) is 18.2 Å². The Morgan fingerprint density at radius 1 is 1.22 bits per heavy atom. The van der Waals surface area contributed by atoms with E-state index in [0.717, 1.165) is 38.2 Å². The molecule has 1 aliphatic rings. The topological polar surface area (TPSA) is 55.5 Å². The number of hydrogen-bond acceptors (Lipinski definition) is 3. The predicted molar refractivity (Wildman–Crippen MR) is 84.9 cm³/mol. The maximum Gasteiger partial charge on any atom is 0.573 e. The molecule has 0 saturated heterocycles. The van der Waals surface area contributed by atoms with E-state index >= 15 is 0 Å². The van der Waals surface area contributed by atoms with Crippen molar-refractivity contribution in [2.75, 3.05) is 0 Å². The molecule has 2 atom stereocenters. The molecule has 1 fully saturated rings. The average Bonchev–Trinajstić information content (AvgIpc) is 2.47. The van der Waals surface area contributed by atoms with Crippen LogP contribution in [0, 0.1) is 5.92 Å². The van der Waals surface area contributed by atoms with Crippen molar-refractivity contribution in [1.29, 1.82) is 0 Å². The zero-order valence-electron chi connectivity index (χ0n) is 12.4. The van der Waals surface area contributed by atoms with Gasteiger partial charge in [0, 0.05) is 0 Å². The summed E-state index contributed by atoms with van der Waals surface area (Å²) in [7, 11) is 0. The van der Waals surface area contributed by atoms with Gasteiger partial charge in [-0.3, -0.25) is 0 Å². The van der Waals surface area contributed by atoms with Gasteiger partial charge >= 0.3 is 6.36 Å². The minimum atomic E-state index is -4.80. The lowest BCUT2D eigenvalue weighted by atomic mass is 9.81. The molecule has 1 aromatic carbocycles. The summed E-state index contributed by atoms with van der Waals surface area (Å²) in [5.74, 6) is -0.356. The van der Waals surface area contributed by atoms with Crippen LogP contribution < -0.4 is 10.5 Å². The van der Waals surface area contributed by atoms with Gasteiger partial charge in [-0.15, -0.1) is 25.6 Å². The molecule has 1 saturated carbocycles. The Morgan fingerprint density at radius 2 is 1.83 bits per heavy atom. The molecule has 0 spiro atoms. The van der Waals surface area contributed by atoms with Crippen molar-refractivity contribution in [1.82, 2.24) is 0 Å². The first-order valence-corrected chi connectivity index (χ1v) is 7.64. The number of halogens is 5. The van der Waals surface area contributed by atoms with E-state index in [1.165, 1.54) is 12.1 Å². The normalized spacial score (nSPS) is 18.9. The summed E-state index contributed by atoms with van der Waals surface area (Å²) in [6, 6.07) is 3.17. The lowest BCUT2D eigenvalue weighted by Gasteiger charge is -2.30. The molecular formula is C15H20Cl2F3NO2. The maximum atomic E-state index is 12.2. The molecule has 1 aromatic rings. The molecule has 132 valence electrons. The molecule has 0 heterocycles. The standard InChI is InChI=1S/C15H19ClF3NO2.ClH/c16-11-8-10(6-7-12(11)22-15(17,18)19)13(20)14(21)9-4-2-1-3-5-9;/h6-9,13-14,21H,1-5,20H2;1H/t13-,14+;/m0./s1. The smallest absolute Gasteiger partial charge is 0.404 e. The number of alkyl halides is 3. The minimum Gasteiger partial charge on any atom is -0.404 e. The average molecular weight is 374 g/mol. The summed E-state index contributed by atoms with van der Waals surface area (Å²) < 4.78 is 40.4. The first-order valence-electron chi connectivity index (χ1n) is 7.27. The summed E-state index contributed by atoms with van der Waals surface area (Å²) in [6.45, 7) is 0. The van der Waals surface area contributed by atoms with Crippen LogP contribution in [0.4, 0.5) is 13.2 Å². The van der Waals surface area contributed by atoms with Gasteiger partial charge in [0.25, 0.3) is 0 Å². The Balaban J connectivity index is 0.00000264. The first-order chi connectivity index (χ1) is 10.3. The lowest BCUT2D eigenvalue weighted by Crippen LogP contribution is -2.34. The van der Waals surface area contributed by atoms with Gasteiger partial charge in [0.05, 0.1) is 17.2 Å². The summed E-state index contributed by atoms with van der Waals surface area (Å²) in [4.78, 5) is 0. The SMILES string of the molecule is Cl.N[C@@H](c1ccc(OC(F)(F)F)c(Cl)c1)[C@H](O)C1CCCCC1. The number of aliphatic hydroxyl groups excluding tert-OH is 1. The van der Waals surface area contributed by atoms with E-state index in [1.807, 2.05) is 0 Å². The lowest BCUT2D eigenvalue weighted by molar-refractivity contribution is -0.274. The van der Waals surface area contributed by atoms with Crippen LogP contribution >= 0.6 is 24.0 Å². The summed E-state index contributed by atoms with van der Waals surface area (Å²) in [5, 5.41) is 10.2. The highest BCUT2D eigenvalue weighted by atomic mass is 35.5. The zero-order valence-corrected chi connectivity index (χ0v) is 13.9. The second kappa shape index (κ2) is 8.42. The highest BCUT2D eigenvalue weighted by molar-refractivity contribution is 6.32. The second-order valence-electron chi connectivity index (χ2n) is 5.65. The van der Waals surface area contributed by atoms with Crippen molar-refractivity contribution in [3.8, 4) is 5.75 Å². The number of benzene rings is 1. The summed E-state index contributed by atoms with van der Waals surface area (Å²) in [5.41, 5.74) is 6.54. The van der Waals surface area contributed by atoms with E-state index in [-0.39, 0.29) is 23.3 Å². The van der Waals surface area contributed by atoms with Crippen LogP contribution in [0.1, 0.15) is 43.7 Å². The van der Waals surface area contributed by atoms with E-state index < -0.39 is 24.3 Å². The van der Waals surface area contributed by atoms with Crippen molar-refractivity contribution in [2.45, 2.75) is 50.6 Å².